The van der Waals surface area contributed by atoms with Gasteiger partial charge in [0.25, 0.3) is 0 Å². The first-order valence-corrected chi connectivity index (χ1v) is 8.80. The molecule has 4 amide bonds. The molecule has 6 heteroatoms. The number of amides is 4. The number of benzene rings is 1. The predicted molar refractivity (Wildman–Crippen MR) is 96.4 cm³/mol. The van der Waals surface area contributed by atoms with E-state index in [1.54, 1.807) is 9.80 Å². The Kier molecular flexibility index (Phi) is 6.46. The fraction of sp³-hybridized carbons (Fsp3) is 0.556. The lowest BCUT2D eigenvalue weighted by molar-refractivity contribution is 0.149. The molecular formula is C18H28N4O2. The van der Waals surface area contributed by atoms with Gasteiger partial charge in [0, 0.05) is 38.4 Å². The van der Waals surface area contributed by atoms with E-state index < -0.39 is 0 Å². The number of carbonyl (C=O) groups is 2. The van der Waals surface area contributed by atoms with Gasteiger partial charge in [-0.2, -0.15) is 0 Å². The lowest BCUT2D eigenvalue weighted by atomic mass is 10.0. The van der Waals surface area contributed by atoms with E-state index in [0.717, 1.165) is 18.5 Å². The minimum Gasteiger partial charge on any atom is -0.338 e. The fourth-order valence-electron chi connectivity index (χ4n) is 3.07. The molecule has 1 heterocycles. The van der Waals surface area contributed by atoms with Crippen molar-refractivity contribution in [2.75, 3.05) is 38.0 Å². The van der Waals surface area contributed by atoms with E-state index in [9.17, 15) is 9.59 Å². The van der Waals surface area contributed by atoms with Crippen molar-refractivity contribution in [1.82, 2.24) is 15.1 Å². The normalized spacial score (nSPS) is 14.5. The summed E-state index contributed by atoms with van der Waals surface area (Å²) in [5.74, 6) is 0. The number of rotatable bonds is 4. The summed E-state index contributed by atoms with van der Waals surface area (Å²) >= 11 is 0. The highest BCUT2D eigenvalue weighted by Crippen LogP contribution is 2.22. The first kappa shape index (κ1) is 18.1. The van der Waals surface area contributed by atoms with Crippen LogP contribution in [0.4, 0.5) is 15.3 Å². The van der Waals surface area contributed by atoms with Crippen LogP contribution in [0.3, 0.4) is 0 Å². The Morgan fingerprint density at radius 2 is 1.58 bits per heavy atom. The molecule has 1 aliphatic heterocycles. The van der Waals surface area contributed by atoms with E-state index >= 15 is 0 Å². The molecule has 1 aromatic rings. The van der Waals surface area contributed by atoms with Crippen LogP contribution >= 0.6 is 0 Å². The van der Waals surface area contributed by atoms with E-state index in [2.05, 4.69) is 30.5 Å². The average Bonchev–Trinajstić information content (AvgIpc) is 2.61. The van der Waals surface area contributed by atoms with Gasteiger partial charge in [-0.05, 0) is 37.0 Å². The summed E-state index contributed by atoms with van der Waals surface area (Å²) in [5.41, 5.74) is 3.37. The second-order valence-electron chi connectivity index (χ2n) is 5.89. The summed E-state index contributed by atoms with van der Waals surface area (Å²) in [4.78, 5) is 27.9. The number of anilines is 1. The molecule has 0 spiro atoms. The first-order valence-electron chi connectivity index (χ1n) is 8.80. The molecule has 0 aromatic heterocycles. The maximum atomic E-state index is 12.5. The van der Waals surface area contributed by atoms with Crippen molar-refractivity contribution in [3.8, 4) is 0 Å². The van der Waals surface area contributed by atoms with Crippen molar-refractivity contribution in [2.24, 2.45) is 0 Å². The Bertz CT molecular complexity index is 580. The van der Waals surface area contributed by atoms with E-state index in [1.165, 1.54) is 11.1 Å². The summed E-state index contributed by atoms with van der Waals surface area (Å²) in [6.07, 6.45) is 1.85. The van der Waals surface area contributed by atoms with E-state index in [4.69, 9.17) is 0 Å². The molecule has 1 saturated heterocycles. The minimum atomic E-state index is -0.0893. The van der Waals surface area contributed by atoms with Crippen LogP contribution in [0.5, 0.6) is 0 Å². The molecule has 2 rings (SSSR count). The lowest BCUT2D eigenvalue weighted by Crippen LogP contribution is -2.54. The largest absolute Gasteiger partial charge is 0.338 e. The zero-order valence-corrected chi connectivity index (χ0v) is 14.9. The van der Waals surface area contributed by atoms with Crippen molar-refractivity contribution in [3.05, 3.63) is 29.3 Å². The van der Waals surface area contributed by atoms with E-state index in [-0.39, 0.29) is 12.1 Å². The molecule has 0 saturated carbocycles. The monoisotopic (exact) mass is 332 g/mol. The van der Waals surface area contributed by atoms with Crippen molar-refractivity contribution in [3.63, 3.8) is 0 Å². The smallest absolute Gasteiger partial charge is 0.321 e. The summed E-state index contributed by atoms with van der Waals surface area (Å²) in [5, 5.41) is 5.84. The molecule has 1 fully saturated rings. The van der Waals surface area contributed by atoms with Crippen LogP contribution in [0.2, 0.25) is 0 Å². The van der Waals surface area contributed by atoms with Crippen LogP contribution in [-0.2, 0) is 12.8 Å². The van der Waals surface area contributed by atoms with Gasteiger partial charge in [-0.15, -0.1) is 0 Å². The van der Waals surface area contributed by atoms with Crippen molar-refractivity contribution < 1.29 is 9.59 Å². The van der Waals surface area contributed by atoms with Gasteiger partial charge in [-0.1, -0.05) is 26.0 Å². The molecule has 0 unspecified atom stereocenters. The Hall–Kier alpha value is -2.24. The molecule has 0 bridgehead atoms. The standard InChI is InChI=1S/C18H28N4O2/c1-4-14-8-7-9-16(15(14)5-2)20-18(24)22-12-10-21(11-13-22)17(23)19-6-3/h7-9H,4-6,10-13H2,1-3H3,(H,19,23)(H,20,24). The molecular weight excluding hydrogens is 304 g/mol. The van der Waals surface area contributed by atoms with Crippen LogP contribution in [0, 0.1) is 0 Å². The third-order valence-corrected chi connectivity index (χ3v) is 4.43. The average molecular weight is 332 g/mol. The van der Waals surface area contributed by atoms with Gasteiger partial charge >= 0.3 is 12.1 Å². The molecule has 0 aliphatic carbocycles. The van der Waals surface area contributed by atoms with Gasteiger partial charge in [0.05, 0.1) is 0 Å². The van der Waals surface area contributed by atoms with Crippen molar-refractivity contribution in [2.45, 2.75) is 33.6 Å². The number of hydrogen-bond donors (Lipinski definition) is 2. The maximum absolute atomic E-state index is 12.5. The Labute approximate surface area is 144 Å². The second-order valence-corrected chi connectivity index (χ2v) is 5.89. The third-order valence-electron chi connectivity index (χ3n) is 4.43. The zero-order chi connectivity index (χ0) is 17.5. The Morgan fingerprint density at radius 3 is 2.12 bits per heavy atom. The number of urea groups is 2. The van der Waals surface area contributed by atoms with Crippen LogP contribution < -0.4 is 10.6 Å². The van der Waals surface area contributed by atoms with Crippen molar-refractivity contribution in [1.29, 1.82) is 0 Å². The highest BCUT2D eigenvalue weighted by atomic mass is 16.2. The number of hydrogen-bond acceptors (Lipinski definition) is 2. The van der Waals surface area contributed by atoms with E-state index in [1.807, 2.05) is 19.1 Å². The molecule has 132 valence electrons. The summed E-state index contributed by atoms with van der Waals surface area (Å²) < 4.78 is 0. The molecule has 0 radical (unpaired) electrons. The zero-order valence-electron chi connectivity index (χ0n) is 14.9. The van der Waals surface area contributed by atoms with Crippen LogP contribution in [0.1, 0.15) is 31.9 Å². The Balaban J connectivity index is 1.96. The van der Waals surface area contributed by atoms with E-state index in [0.29, 0.717) is 32.7 Å². The van der Waals surface area contributed by atoms with Gasteiger partial charge < -0.3 is 20.4 Å². The summed E-state index contributed by atoms with van der Waals surface area (Å²) in [6.45, 7) is 8.99. The Morgan fingerprint density at radius 1 is 0.958 bits per heavy atom. The van der Waals surface area contributed by atoms with Crippen molar-refractivity contribution >= 4 is 17.7 Å². The maximum Gasteiger partial charge on any atom is 0.321 e. The molecule has 1 aliphatic rings. The summed E-state index contributed by atoms with van der Waals surface area (Å²) in [6, 6.07) is 5.91. The van der Waals surface area contributed by atoms with Gasteiger partial charge in [0.15, 0.2) is 0 Å². The number of nitrogens with zero attached hydrogens (tertiary/aromatic N) is 2. The van der Waals surface area contributed by atoms with Gasteiger partial charge in [0.1, 0.15) is 0 Å². The molecule has 0 atom stereocenters. The number of nitrogens with one attached hydrogen (secondary N) is 2. The second kappa shape index (κ2) is 8.57. The highest BCUT2D eigenvalue weighted by molar-refractivity contribution is 5.90. The van der Waals surface area contributed by atoms with Gasteiger partial charge in [-0.3, -0.25) is 0 Å². The topological polar surface area (TPSA) is 64.7 Å². The molecule has 24 heavy (non-hydrogen) atoms. The third kappa shape index (κ3) is 4.19. The minimum absolute atomic E-state index is 0.0542. The number of piperazine rings is 1. The molecule has 6 nitrogen and oxygen atoms in total. The number of carbonyl (C=O) groups excluding carboxylic acids is 2. The highest BCUT2D eigenvalue weighted by Gasteiger charge is 2.24. The van der Waals surface area contributed by atoms with Gasteiger partial charge in [-0.25, -0.2) is 9.59 Å². The van der Waals surface area contributed by atoms with Crippen LogP contribution in [0.15, 0.2) is 18.2 Å². The lowest BCUT2D eigenvalue weighted by Gasteiger charge is -2.34. The number of aryl methyl sites for hydroxylation is 1. The van der Waals surface area contributed by atoms with Crippen LogP contribution in [-0.4, -0.2) is 54.6 Å². The fourth-order valence-corrected chi connectivity index (χ4v) is 3.07. The molecule has 1 aromatic carbocycles. The quantitative estimate of drug-likeness (QED) is 0.890. The summed E-state index contributed by atoms with van der Waals surface area (Å²) in [7, 11) is 0. The predicted octanol–water partition coefficient (Wildman–Crippen LogP) is 2.69. The van der Waals surface area contributed by atoms with Crippen LogP contribution in [0.25, 0.3) is 0 Å². The van der Waals surface area contributed by atoms with Gasteiger partial charge in [0.2, 0.25) is 0 Å². The SMILES string of the molecule is CCNC(=O)N1CCN(C(=O)Nc2cccc(CC)c2CC)CC1. The molecule has 2 N–H and O–H groups in total. The first-order chi connectivity index (χ1) is 11.6.